The summed E-state index contributed by atoms with van der Waals surface area (Å²) >= 11 is 0. The number of hydrogen-bond acceptors (Lipinski definition) is 3. The molecule has 0 aliphatic heterocycles. The summed E-state index contributed by atoms with van der Waals surface area (Å²) in [5.41, 5.74) is 5.21. The van der Waals surface area contributed by atoms with Crippen LogP contribution in [-0.4, -0.2) is 14.2 Å². The van der Waals surface area contributed by atoms with Crippen LogP contribution in [0.15, 0.2) is 103 Å². The fourth-order valence-electron chi connectivity index (χ4n) is 3.29. The van der Waals surface area contributed by atoms with Gasteiger partial charge in [0.2, 0.25) is 0 Å². The molecule has 4 rings (SSSR count). The van der Waals surface area contributed by atoms with E-state index >= 15 is 0 Å². The first-order valence-electron chi connectivity index (χ1n) is 9.93. The van der Waals surface area contributed by atoms with Gasteiger partial charge in [0.1, 0.15) is 11.5 Å². The van der Waals surface area contributed by atoms with Crippen LogP contribution in [-0.2, 0) is 0 Å². The fourth-order valence-corrected chi connectivity index (χ4v) is 3.29. The molecule has 4 aromatic carbocycles. The number of nitrogens with zero attached hydrogens (tertiary/aromatic N) is 1. The highest BCUT2D eigenvalue weighted by molar-refractivity contribution is 5.78. The Morgan fingerprint density at radius 1 is 0.552 bits per heavy atom. The van der Waals surface area contributed by atoms with Gasteiger partial charge in [-0.3, -0.25) is 0 Å². The first kappa shape index (κ1) is 17.4. The second-order valence-corrected chi connectivity index (χ2v) is 6.57. The van der Waals surface area contributed by atoms with Crippen LogP contribution in [0.4, 0.5) is 17.1 Å². The molecule has 144 valence electrons. The van der Waals surface area contributed by atoms with E-state index in [2.05, 4.69) is 29.2 Å². The van der Waals surface area contributed by atoms with Crippen molar-refractivity contribution >= 4 is 17.1 Å². The van der Waals surface area contributed by atoms with Crippen LogP contribution >= 0.6 is 0 Å². The molecule has 0 radical (unpaired) electrons. The van der Waals surface area contributed by atoms with Crippen LogP contribution in [0.2, 0.25) is 0 Å². The lowest BCUT2D eigenvalue weighted by atomic mass is 10.0. The number of ether oxygens (including phenoxy) is 2. The molecule has 0 saturated carbocycles. The molecule has 0 N–H and O–H groups in total. The van der Waals surface area contributed by atoms with Crippen LogP contribution in [0.25, 0.3) is 11.1 Å². The number of benzene rings is 4. The quantitative estimate of drug-likeness (QED) is 0.364. The molecular weight excluding hydrogens is 358 g/mol. The molecule has 0 fully saturated rings. The van der Waals surface area contributed by atoms with Crippen LogP contribution in [0, 0.1) is 0 Å². The van der Waals surface area contributed by atoms with Crippen LogP contribution in [0.1, 0.15) is 1.37 Å². The van der Waals surface area contributed by atoms with Crippen molar-refractivity contribution in [3.05, 3.63) is 103 Å². The van der Waals surface area contributed by atoms with Gasteiger partial charge in [-0.2, -0.15) is 0 Å². The van der Waals surface area contributed by atoms with E-state index in [1.807, 2.05) is 66.7 Å². The molecule has 0 heterocycles. The van der Waals surface area contributed by atoms with Gasteiger partial charge in [0.15, 0.2) is 0 Å². The van der Waals surface area contributed by atoms with Crippen molar-refractivity contribution in [1.29, 1.82) is 0 Å². The van der Waals surface area contributed by atoms with Crippen molar-refractivity contribution in [1.82, 2.24) is 0 Å². The summed E-state index contributed by atoms with van der Waals surface area (Å²) in [6.07, 6.45) is 0. The van der Waals surface area contributed by atoms with Crippen molar-refractivity contribution in [2.75, 3.05) is 19.1 Å². The van der Waals surface area contributed by atoms with Gasteiger partial charge in [0.25, 0.3) is 0 Å². The third kappa shape index (κ3) is 4.09. The zero-order chi connectivity index (χ0) is 20.9. The molecule has 4 aromatic rings. The SMILES string of the molecule is [3H]c1cccc(-c2ccc(N(c3ccc(OC)cc3)c3ccc(OC)cc3)cc2)c1. The normalized spacial score (nSPS) is 10.9. The highest BCUT2D eigenvalue weighted by atomic mass is 16.5. The van der Waals surface area contributed by atoms with E-state index in [4.69, 9.17) is 10.8 Å². The van der Waals surface area contributed by atoms with Crippen LogP contribution in [0.5, 0.6) is 11.5 Å². The predicted molar refractivity (Wildman–Crippen MR) is 120 cm³/mol. The molecule has 0 saturated heterocycles. The molecule has 29 heavy (non-hydrogen) atoms. The largest absolute Gasteiger partial charge is 0.497 e. The molecule has 3 nitrogen and oxygen atoms in total. The molecule has 0 spiro atoms. The second-order valence-electron chi connectivity index (χ2n) is 6.57. The van der Waals surface area contributed by atoms with E-state index in [0.717, 1.165) is 39.7 Å². The highest BCUT2D eigenvalue weighted by Crippen LogP contribution is 2.36. The first-order valence-corrected chi connectivity index (χ1v) is 9.43. The smallest absolute Gasteiger partial charge is 0.119 e. The van der Waals surface area contributed by atoms with Crippen LogP contribution in [0.3, 0.4) is 0 Å². The predicted octanol–water partition coefficient (Wildman–Crippen LogP) is 6.84. The zero-order valence-corrected chi connectivity index (χ0v) is 16.5. The molecule has 0 bridgehead atoms. The summed E-state index contributed by atoms with van der Waals surface area (Å²) in [7, 11) is 3.33. The Kier molecular flexibility index (Phi) is 5.11. The maximum absolute atomic E-state index is 7.86. The number of anilines is 3. The van der Waals surface area contributed by atoms with Gasteiger partial charge in [0, 0.05) is 17.1 Å². The number of hydrogen-bond donors (Lipinski definition) is 0. The van der Waals surface area contributed by atoms with Crippen molar-refractivity contribution < 1.29 is 10.8 Å². The van der Waals surface area contributed by atoms with E-state index < -0.39 is 0 Å². The van der Waals surface area contributed by atoms with Gasteiger partial charge in [0.05, 0.1) is 15.6 Å². The summed E-state index contributed by atoms with van der Waals surface area (Å²) in [6.45, 7) is 0. The molecule has 0 aliphatic carbocycles. The average Bonchev–Trinajstić information content (AvgIpc) is 2.81. The standard InChI is InChI=1S/C26H23NO2/c1-28-25-16-12-23(13-17-25)27(24-14-18-26(29-2)19-15-24)22-10-8-21(9-11-22)20-6-4-3-5-7-20/h3-19H,1-2H3/i4T. The van der Waals surface area contributed by atoms with Gasteiger partial charge in [-0.05, 0) is 71.8 Å². The summed E-state index contributed by atoms with van der Waals surface area (Å²) in [5.74, 6) is 1.64. The monoisotopic (exact) mass is 383 g/mol. The van der Waals surface area contributed by atoms with Crippen molar-refractivity contribution in [2.24, 2.45) is 0 Å². The molecule has 0 aromatic heterocycles. The Bertz CT molecular complexity index is 1060. The minimum atomic E-state index is 0.509. The maximum Gasteiger partial charge on any atom is 0.119 e. The molecule has 0 atom stereocenters. The Balaban J connectivity index is 1.74. The van der Waals surface area contributed by atoms with Gasteiger partial charge >= 0.3 is 0 Å². The summed E-state index contributed by atoms with van der Waals surface area (Å²) in [4.78, 5) is 2.18. The van der Waals surface area contributed by atoms with E-state index in [9.17, 15) is 0 Å². The molecule has 0 unspecified atom stereocenters. The van der Waals surface area contributed by atoms with E-state index in [-0.39, 0.29) is 0 Å². The Labute approximate surface area is 173 Å². The Morgan fingerprint density at radius 2 is 1.00 bits per heavy atom. The average molecular weight is 383 g/mol. The molecular formula is C26H23NO2. The topological polar surface area (TPSA) is 21.7 Å². The molecule has 3 heteroatoms. The minimum Gasteiger partial charge on any atom is -0.497 e. The van der Waals surface area contributed by atoms with Gasteiger partial charge in [-0.15, -0.1) is 0 Å². The maximum atomic E-state index is 7.86. The van der Waals surface area contributed by atoms with Gasteiger partial charge in [-0.1, -0.05) is 42.4 Å². The summed E-state index contributed by atoms with van der Waals surface area (Å²) < 4.78 is 18.5. The van der Waals surface area contributed by atoms with Gasteiger partial charge < -0.3 is 14.4 Å². The summed E-state index contributed by atoms with van der Waals surface area (Å²) in [6, 6.07) is 32.5. The third-order valence-electron chi connectivity index (χ3n) is 4.83. The highest BCUT2D eigenvalue weighted by Gasteiger charge is 2.13. The lowest BCUT2D eigenvalue weighted by molar-refractivity contribution is 0.415. The lowest BCUT2D eigenvalue weighted by Crippen LogP contribution is -2.09. The van der Waals surface area contributed by atoms with E-state index in [1.54, 1.807) is 20.3 Å². The second kappa shape index (κ2) is 8.53. The van der Waals surface area contributed by atoms with Gasteiger partial charge in [-0.25, -0.2) is 0 Å². The van der Waals surface area contributed by atoms with Crippen molar-refractivity contribution in [3.8, 4) is 22.6 Å². The van der Waals surface area contributed by atoms with E-state index in [0.29, 0.717) is 6.04 Å². The molecule has 0 amide bonds. The lowest BCUT2D eigenvalue weighted by Gasteiger charge is -2.26. The Hall–Kier alpha value is -3.72. The fraction of sp³-hybridized carbons (Fsp3) is 0.0769. The number of rotatable bonds is 6. The number of methoxy groups -OCH3 is 2. The van der Waals surface area contributed by atoms with E-state index in [1.165, 1.54) is 0 Å². The van der Waals surface area contributed by atoms with Crippen molar-refractivity contribution in [3.63, 3.8) is 0 Å². The molecule has 0 aliphatic rings. The Morgan fingerprint density at radius 3 is 1.45 bits per heavy atom. The summed E-state index contributed by atoms with van der Waals surface area (Å²) in [5, 5.41) is 0. The third-order valence-corrected chi connectivity index (χ3v) is 4.83. The van der Waals surface area contributed by atoms with Crippen LogP contribution < -0.4 is 14.4 Å². The first-order chi connectivity index (χ1) is 14.7. The zero-order valence-electron chi connectivity index (χ0n) is 17.5. The minimum absolute atomic E-state index is 0.509. The van der Waals surface area contributed by atoms with Crippen molar-refractivity contribution in [2.45, 2.75) is 0 Å².